The largest absolute Gasteiger partial charge is 0.302 e. The third kappa shape index (κ3) is 3.42. The van der Waals surface area contributed by atoms with E-state index >= 15 is 0 Å². The fraction of sp³-hybridized carbons (Fsp3) is 0.571. The normalized spacial score (nSPS) is 34.1. The molecule has 4 aliphatic rings. The highest BCUT2D eigenvalue weighted by molar-refractivity contribution is 5.39. The maximum Gasteiger partial charge on any atom is 0.0124 e. The second kappa shape index (κ2) is 7.50. The summed E-state index contributed by atoms with van der Waals surface area (Å²) in [5.74, 6) is 1.89. The Hall–Kier alpha value is -1.64. The topological polar surface area (TPSA) is 6.48 Å². The standard InChI is InChI=1S/2C14H19N/c2*1-3-15-9-13-8-14(13,10-15)12-6-4-11(2)5-7-12/h2*4-7,13H,3,8-10H2,1-2H3/t2*13-,14+/m10/s1. The fourth-order valence-electron chi connectivity index (χ4n) is 6.32. The fourth-order valence-corrected chi connectivity index (χ4v) is 6.32. The Bertz CT molecular complexity index is 810. The second-order valence-corrected chi connectivity index (χ2v) is 10.5. The van der Waals surface area contributed by atoms with Gasteiger partial charge in [-0.25, -0.2) is 0 Å². The first-order valence-electron chi connectivity index (χ1n) is 12.1. The lowest BCUT2D eigenvalue weighted by atomic mass is 9.94. The van der Waals surface area contributed by atoms with Crippen LogP contribution < -0.4 is 0 Å². The molecule has 0 aromatic heterocycles. The SMILES string of the molecule is CCN1C[C@@H]2C[C@]2(c2ccc(C)cc2)C1.CCN1C[C@H]2C[C@@]2(c2ccc(C)cc2)C1. The first kappa shape index (κ1) is 20.3. The molecule has 4 atom stereocenters. The number of hydrogen-bond donors (Lipinski definition) is 0. The quantitative estimate of drug-likeness (QED) is 0.695. The summed E-state index contributed by atoms with van der Waals surface area (Å²) in [4.78, 5) is 5.18. The molecule has 30 heavy (non-hydrogen) atoms. The van der Waals surface area contributed by atoms with Gasteiger partial charge in [0.25, 0.3) is 0 Å². The summed E-state index contributed by atoms with van der Waals surface area (Å²) in [6.45, 7) is 16.5. The number of rotatable bonds is 4. The van der Waals surface area contributed by atoms with E-state index in [1.807, 2.05) is 0 Å². The van der Waals surface area contributed by atoms with Gasteiger partial charge in [0.2, 0.25) is 0 Å². The molecule has 0 unspecified atom stereocenters. The molecule has 0 spiro atoms. The van der Waals surface area contributed by atoms with Crippen molar-refractivity contribution in [3.8, 4) is 0 Å². The number of aryl methyl sites for hydroxylation is 2. The molecule has 4 fully saturated rings. The van der Waals surface area contributed by atoms with Gasteiger partial charge < -0.3 is 9.80 Å². The Morgan fingerprint density at radius 1 is 0.667 bits per heavy atom. The molecule has 2 aromatic rings. The number of piperidine rings is 2. The average Bonchev–Trinajstić information content (AvgIpc) is 3.57. The Labute approximate surface area is 183 Å². The van der Waals surface area contributed by atoms with Crippen molar-refractivity contribution in [2.24, 2.45) is 11.8 Å². The minimum atomic E-state index is 0.545. The van der Waals surface area contributed by atoms with E-state index < -0.39 is 0 Å². The molecule has 0 amide bonds. The van der Waals surface area contributed by atoms with Gasteiger partial charge in [-0.3, -0.25) is 0 Å². The average molecular weight is 403 g/mol. The van der Waals surface area contributed by atoms with Crippen molar-refractivity contribution in [3.63, 3.8) is 0 Å². The van der Waals surface area contributed by atoms with Gasteiger partial charge in [0.1, 0.15) is 0 Å². The molecule has 160 valence electrons. The van der Waals surface area contributed by atoms with Crippen molar-refractivity contribution in [1.82, 2.24) is 9.80 Å². The Morgan fingerprint density at radius 2 is 1.03 bits per heavy atom. The lowest BCUT2D eigenvalue weighted by Crippen LogP contribution is -2.26. The van der Waals surface area contributed by atoms with Crippen molar-refractivity contribution in [1.29, 1.82) is 0 Å². The molecule has 2 nitrogen and oxygen atoms in total. The predicted molar refractivity (Wildman–Crippen MR) is 126 cm³/mol. The Kier molecular flexibility index (Phi) is 5.07. The zero-order chi connectivity index (χ0) is 20.9. The number of fused-ring (bicyclic) bond motifs is 2. The molecule has 2 heteroatoms. The molecule has 2 heterocycles. The number of nitrogens with zero attached hydrogens (tertiary/aromatic N) is 2. The van der Waals surface area contributed by atoms with Crippen LogP contribution in [0.1, 0.15) is 48.9 Å². The highest BCUT2D eigenvalue weighted by Gasteiger charge is 2.60. The maximum absolute atomic E-state index is 2.59. The molecule has 2 aliphatic heterocycles. The van der Waals surface area contributed by atoms with Gasteiger partial charge in [-0.2, -0.15) is 0 Å². The van der Waals surface area contributed by atoms with Gasteiger partial charge in [0.05, 0.1) is 0 Å². The molecule has 2 saturated carbocycles. The van der Waals surface area contributed by atoms with E-state index in [0.717, 1.165) is 11.8 Å². The zero-order valence-corrected chi connectivity index (χ0v) is 19.3. The van der Waals surface area contributed by atoms with E-state index in [0.29, 0.717) is 10.8 Å². The van der Waals surface area contributed by atoms with Crippen molar-refractivity contribution in [2.45, 2.75) is 51.4 Å². The smallest absolute Gasteiger partial charge is 0.0124 e. The lowest BCUT2D eigenvalue weighted by Gasteiger charge is -2.19. The number of likely N-dealkylation sites (tertiary alicyclic amines) is 2. The van der Waals surface area contributed by atoms with Crippen molar-refractivity contribution in [2.75, 3.05) is 39.3 Å². The van der Waals surface area contributed by atoms with Gasteiger partial charge in [0.15, 0.2) is 0 Å². The van der Waals surface area contributed by atoms with Gasteiger partial charge in [-0.1, -0.05) is 73.5 Å². The predicted octanol–water partition coefficient (Wildman–Crippen LogP) is 5.18. The second-order valence-electron chi connectivity index (χ2n) is 10.5. The van der Waals surface area contributed by atoms with E-state index in [4.69, 9.17) is 0 Å². The van der Waals surface area contributed by atoms with Crippen LogP contribution in [0.3, 0.4) is 0 Å². The van der Waals surface area contributed by atoms with Crippen LogP contribution in [-0.2, 0) is 10.8 Å². The summed E-state index contributed by atoms with van der Waals surface area (Å²) in [5, 5.41) is 0. The zero-order valence-electron chi connectivity index (χ0n) is 19.3. The first-order valence-corrected chi connectivity index (χ1v) is 12.1. The number of likely N-dealkylation sites (N-methyl/N-ethyl adjacent to an activating group) is 2. The van der Waals surface area contributed by atoms with Gasteiger partial charge >= 0.3 is 0 Å². The molecule has 2 aliphatic carbocycles. The van der Waals surface area contributed by atoms with E-state index in [-0.39, 0.29) is 0 Å². The molecular formula is C28H38N2. The van der Waals surface area contributed by atoms with Gasteiger partial charge in [-0.15, -0.1) is 0 Å². The molecule has 0 radical (unpaired) electrons. The highest BCUT2D eigenvalue weighted by atomic mass is 15.2. The van der Waals surface area contributed by atoms with Crippen LogP contribution >= 0.6 is 0 Å². The van der Waals surface area contributed by atoms with E-state index in [9.17, 15) is 0 Å². The number of hydrogen-bond acceptors (Lipinski definition) is 2. The Balaban J connectivity index is 0.000000128. The molecule has 2 aromatic carbocycles. The summed E-state index contributed by atoms with van der Waals surface area (Å²) < 4.78 is 0. The van der Waals surface area contributed by atoms with Crippen molar-refractivity contribution >= 4 is 0 Å². The molecule has 6 rings (SSSR count). The van der Waals surface area contributed by atoms with E-state index in [1.165, 1.54) is 63.2 Å². The highest BCUT2D eigenvalue weighted by Crippen LogP contribution is 2.59. The van der Waals surface area contributed by atoms with Crippen LogP contribution in [0.4, 0.5) is 0 Å². The van der Waals surface area contributed by atoms with Crippen LogP contribution in [0, 0.1) is 25.7 Å². The van der Waals surface area contributed by atoms with Crippen LogP contribution in [0.15, 0.2) is 48.5 Å². The molecule has 2 saturated heterocycles. The summed E-state index contributed by atoms with van der Waals surface area (Å²) in [6, 6.07) is 18.4. The maximum atomic E-state index is 2.59. The van der Waals surface area contributed by atoms with E-state index in [1.54, 1.807) is 11.1 Å². The van der Waals surface area contributed by atoms with Gasteiger partial charge in [-0.05, 0) is 62.7 Å². The van der Waals surface area contributed by atoms with Crippen molar-refractivity contribution in [3.05, 3.63) is 70.8 Å². The van der Waals surface area contributed by atoms with E-state index in [2.05, 4.69) is 86.0 Å². The first-order chi connectivity index (χ1) is 14.5. The minimum absolute atomic E-state index is 0.545. The third-order valence-electron chi connectivity index (χ3n) is 8.58. The lowest BCUT2D eigenvalue weighted by molar-refractivity contribution is 0.314. The van der Waals surface area contributed by atoms with Crippen LogP contribution in [0.25, 0.3) is 0 Å². The summed E-state index contributed by atoms with van der Waals surface area (Å²) in [7, 11) is 0. The summed E-state index contributed by atoms with van der Waals surface area (Å²) in [5.41, 5.74) is 6.99. The molecular weight excluding hydrogens is 364 g/mol. The molecule has 0 N–H and O–H groups in total. The van der Waals surface area contributed by atoms with Crippen LogP contribution in [-0.4, -0.2) is 49.1 Å². The number of benzene rings is 2. The Morgan fingerprint density at radius 3 is 1.33 bits per heavy atom. The minimum Gasteiger partial charge on any atom is -0.302 e. The summed E-state index contributed by atoms with van der Waals surface area (Å²) in [6.07, 6.45) is 2.85. The van der Waals surface area contributed by atoms with Crippen LogP contribution in [0.2, 0.25) is 0 Å². The van der Waals surface area contributed by atoms with Gasteiger partial charge in [0, 0.05) is 37.0 Å². The third-order valence-corrected chi connectivity index (χ3v) is 8.58. The van der Waals surface area contributed by atoms with Crippen LogP contribution in [0.5, 0.6) is 0 Å². The van der Waals surface area contributed by atoms with Crippen molar-refractivity contribution < 1.29 is 0 Å². The summed E-state index contributed by atoms with van der Waals surface area (Å²) >= 11 is 0. The molecule has 0 bridgehead atoms. The monoisotopic (exact) mass is 402 g/mol.